The first-order valence-electron chi connectivity index (χ1n) is 3.55. The lowest BCUT2D eigenvalue weighted by molar-refractivity contribution is -0.114. The molecule has 0 radical (unpaired) electrons. The van der Waals surface area contributed by atoms with E-state index in [2.05, 4.69) is 6.92 Å². The van der Waals surface area contributed by atoms with Crippen molar-refractivity contribution in [2.24, 2.45) is 5.73 Å². The molecule has 0 aromatic rings. The lowest BCUT2D eigenvalue weighted by Crippen LogP contribution is -2.13. The van der Waals surface area contributed by atoms with Gasteiger partial charge in [-0.25, -0.2) is 0 Å². The van der Waals surface area contributed by atoms with E-state index in [-0.39, 0.29) is 5.91 Å². The fraction of sp³-hybridized carbons (Fsp3) is 0.625. The van der Waals surface area contributed by atoms with Crippen molar-refractivity contribution in [2.75, 3.05) is 0 Å². The fourth-order valence-electron chi connectivity index (χ4n) is 0.773. The Morgan fingerprint density at radius 2 is 1.90 bits per heavy atom. The average molecular weight is 141 g/mol. The number of amides is 1. The van der Waals surface area contributed by atoms with Gasteiger partial charge in [0.15, 0.2) is 0 Å². The van der Waals surface area contributed by atoms with Crippen LogP contribution in [0.15, 0.2) is 11.1 Å². The topological polar surface area (TPSA) is 43.1 Å². The van der Waals surface area contributed by atoms with Gasteiger partial charge in [0.25, 0.3) is 0 Å². The third kappa shape index (κ3) is 2.67. The molecule has 2 N–H and O–H groups in total. The number of hydrogen-bond acceptors (Lipinski definition) is 1. The second-order valence-corrected chi connectivity index (χ2v) is 2.52. The molecule has 0 heterocycles. The molecular weight excluding hydrogens is 126 g/mol. The minimum atomic E-state index is -0.300. The van der Waals surface area contributed by atoms with E-state index in [0.29, 0.717) is 5.57 Å². The Bertz CT molecular complexity index is 159. The lowest BCUT2D eigenvalue weighted by Gasteiger charge is -2.00. The average Bonchev–Trinajstić information content (AvgIpc) is 1.87. The largest absolute Gasteiger partial charge is 0.366 e. The molecule has 0 atom stereocenters. The van der Waals surface area contributed by atoms with Crippen molar-refractivity contribution in [1.82, 2.24) is 0 Å². The summed E-state index contributed by atoms with van der Waals surface area (Å²) in [6.45, 7) is 5.80. The van der Waals surface area contributed by atoms with Gasteiger partial charge in [-0.1, -0.05) is 18.9 Å². The number of primary amides is 1. The Morgan fingerprint density at radius 3 is 2.20 bits per heavy atom. The van der Waals surface area contributed by atoms with Crippen LogP contribution in [-0.2, 0) is 4.79 Å². The van der Waals surface area contributed by atoms with Crippen LogP contribution in [0.2, 0.25) is 0 Å². The van der Waals surface area contributed by atoms with Crippen molar-refractivity contribution >= 4 is 5.91 Å². The van der Waals surface area contributed by atoms with E-state index >= 15 is 0 Å². The highest BCUT2D eigenvalue weighted by Crippen LogP contribution is 2.08. The number of hydrogen-bond donors (Lipinski definition) is 1. The summed E-state index contributed by atoms with van der Waals surface area (Å²) < 4.78 is 0. The quantitative estimate of drug-likeness (QED) is 0.596. The third-order valence-electron chi connectivity index (χ3n) is 1.63. The fourth-order valence-corrected chi connectivity index (χ4v) is 0.773. The Hall–Kier alpha value is -0.790. The van der Waals surface area contributed by atoms with Gasteiger partial charge in [-0.2, -0.15) is 0 Å². The highest BCUT2D eigenvalue weighted by Gasteiger charge is 2.00. The standard InChI is InChI=1S/C8H15NO/c1-4-5-6(2)7(3)8(9)10/h4-5H2,1-3H3,(H2,9,10)/b7-6+. The maximum absolute atomic E-state index is 10.6. The Labute approximate surface area is 62.1 Å². The van der Waals surface area contributed by atoms with Crippen molar-refractivity contribution in [2.45, 2.75) is 33.6 Å². The Morgan fingerprint density at radius 1 is 1.40 bits per heavy atom. The molecule has 0 spiro atoms. The minimum Gasteiger partial charge on any atom is -0.366 e. The van der Waals surface area contributed by atoms with Gasteiger partial charge < -0.3 is 5.73 Å². The summed E-state index contributed by atoms with van der Waals surface area (Å²) in [4.78, 5) is 10.6. The molecular formula is C8H15NO. The number of carbonyl (C=O) groups excluding carboxylic acids is 1. The van der Waals surface area contributed by atoms with Crippen LogP contribution in [0.5, 0.6) is 0 Å². The maximum Gasteiger partial charge on any atom is 0.244 e. The predicted octanol–water partition coefficient (Wildman–Crippen LogP) is 1.61. The summed E-state index contributed by atoms with van der Waals surface area (Å²) in [5.41, 5.74) is 6.89. The first-order chi connectivity index (χ1) is 4.59. The zero-order chi connectivity index (χ0) is 8.15. The van der Waals surface area contributed by atoms with E-state index < -0.39 is 0 Å². The molecule has 1 amide bonds. The van der Waals surface area contributed by atoms with Crippen LogP contribution >= 0.6 is 0 Å². The molecule has 2 heteroatoms. The van der Waals surface area contributed by atoms with Crippen LogP contribution in [0.1, 0.15) is 33.6 Å². The van der Waals surface area contributed by atoms with E-state index in [1.165, 1.54) is 0 Å². The molecule has 0 aromatic carbocycles. The zero-order valence-electron chi connectivity index (χ0n) is 6.90. The van der Waals surface area contributed by atoms with Crippen LogP contribution < -0.4 is 5.73 Å². The van der Waals surface area contributed by atoms with Gasteiger partial charge in [0, 0.05) is 5.57 Å². The molecule has 0 aliphatic heterocycles. The molecule has 0 aliphatic carbocycles. The molecule has 10 heavy (non-hydrogen) atoms. The van der Waals surface area contributed by atoms with Gasteiger partial charge in [0.05, 0.1) is 0 Å². The van der Waals surface area contributed by atoms with Gasteiger partial charge in [0.1, 0.15) is 0 Å². The Balaban J connectivity index is 4.19. The van der Waals surface area contributed by atoms with E-state index in [9.17, 15) is 4.79 Å². The first-order valence-corrected chi connectivity index (χ1v) is 3.55. The minimum absolute atomic E-state index is 0.300. The lowest BCUT2D eigenvalue weighted by atomic mass is 10.1. The third-order valence-corrected chi connectivity index (χ3v) is 1.63. The monoisotopic (exact) mass is 141 g/mol. The molecule has 0 aromatic heterocycles. The first kappa shape index (κ1) is 9.21. The summed E-state index contributed by atoms with van der Waals surface area (Å²) in [6, 6.07) is 0. The van der Waals surface area contributed by atoms with E-state index in [1.54, 1.807) is 6.92 Å². The smallest absolute Gasteiger partial charge is 0.244 e. The molecule has 0 rings (SSSR count). The van der Waals surface area contributed by atoms with Gasteiger partial charge >= 0.3 is 0 Å². The van der Waals surface area contributed by atoms with Crippen LogP contribution in [0.4, 0.5) is 0 Å². The molecule has 0 unspecified atom stereocenters. The summed E-state index contributed by atoms with van der Waals surface area (Å²) in [7, 11) is 0. The van der Waals surface area contributed by atoms with Gasteiger partial charge in [-0.3, -0.25) is 4.79 Å². The SMILES string of the molecule is CCC/C(C)=C(\C)C(N)=O. The number of allylic oxidation sites excluding steroid dienone is 1. The van der Waals surface area contributed by atoms with Crippen LogP contribution in [0, 0.1) is 0 Å². The maximum atomic E-state index is 10.6. The Kier molecular flexibility index (Phi) is 3.77. The summed E-state index contributed by atoms with van der Waals surface area (Å²) >= 11 is 0. The van der Waals surface area contributed by atoms with E-state index in [4.69, 9.17) is 5.73 Å². The number of nitrogens with two attached hydrogens (primary N) is 1. The second kappa shape index (κ2) is 4.09. The van der Waals surface area contributed by atoms with Crippen molar-refractivity contribution in [3.63, 3.8) is 0 Å². The predicted molar refractivity (Wildman–Crippen MR) is 42.5 cm³/mol. The second-order valence-electron chi connectivity index (χ2n) is 2.52. The van der Waals surface area contributed by atoms with Crippen LogP contribution in [0.25, 0.3) is 0 Å². The molecule has 2 nitrogen and oxygen atoms in total. The highest BCUT2D eigenvalue weighted by atomic mass is 16.1. The summed E-state index contributed by atoms with van der Waals surface area (Å²) in [5, 5.41) is 0. The zero-order valence-corrected chi connectivity index (χ0v) is 6.90. The molecule has 0 saturated carbocycles. The highest BCUT2D eigenvalue weighted by molar-refractivity contribution is 5.91. The van der Waals surface area contributed by atoms with Gasteiger partial charge in [0.2, 0.25) is 5.91 Å². The summed E-state index contributed by atoms with van der Waals surface area (Å²) in [5.74, 6) is -0.300. The van der Waals surface area contributed by atoms with Crippen LogP contribution in [0.3, 0.4) is 0 Å². The normalized spacial score (nSPS) is 12.7. The molecule has 58 valence electrons. The van der Waals surface area contributed by atoms with Crippen molar-refractivity contribution in [3.05, 3.63) is 11.1 Å². The summed E-state index contributed by atoms with van der Waals surface area (Å²) in [6.07, 6.45) is 2.03. The number of rotatable bonds is 3. The van der Waals surface area contributed by atoms with Crippen molar-refractivity contribution in [1.29, 1.82) is 0 Å². The molecule has 0 fully saturated rings. The van der Waals surface area contributed by atoms with Crippen molar-refractivity contribution in [3.8, 4) is 0 Å². The van der Waals surface area contributed by atoms with Crippen molar-refractivity contribution < 1.29 is 4.79 Å². The van der Waals surface area contributed by atoms with Gasteiger partial charge in [-0.15, -0.1) is 0 Å². The molecule has 0 saturated heterocycles. The number of carbonyl (C=O) groups is 1. The van der Waals surface area contributed by atoms with E-state index in [0.717, 1.165) is 18.4 Å². The van der Waals surface area contributed by atoms with Gasteiger partial charge in [-0.05, 0) is 20.3 Å². The van der Waals surface area contributed by atoms with E-state index in [1.807, 2.05) is 6.92 Å². The molecule has 0 aliphatic rings. The van der Waals surface area contributed by atoms with Crippen LogP contribution in [-0.4, -0.2) is 5.91 Å². The molecule has 0 bridgehead atoms.